The third-order valence-electron chi connectivity index (χ3n) is 3.38. The second-order valence-corrected chi connectivity index (χ2v) is 6.99. The van der Waals surface area contributed by atoms with E-state index in [-0.39, 0.29) is 12.5 Å². The van der Waals surface area contributed by atoms with E-state index in [1.807, 2.05) is 38.1 Å². The largest absolute Gasteiger partial charge is 0.494 e. The van der Waals surface area contributed by atoms with E-state index in [1.54, 1.807) is 24.1 Å². The van der Waals surface area contributed by atoms with Crippen LogP contribution < -0.4 is 4.74 Å². The summed E-state index contributed by atoms with van der Waals surface area (Å²) in [7, 11) is 0. The predicted molar refractivity (Wildman–Crippen MR) is 96.6 cm³/mol. The molecular formula is C18H24N2O3S. The van der Waals surface area contributed by atoms with Crippen LogP contribution in [0.1, 0.15) is 38.2 Å². The number of aliphatic hydroxyl groups is 1. The number of hydrogen-bond donors (Lipinski definition) is 1. The van der Waals surface area contributed by atoms with Crippen molar-refractivity contribution < 1.29 is 14.6 Å². The predicted octanol–water partition coefficient (Wildman–Crippen LogP) is 3.44. The van der Waals surface area contributed by atoms with Crippen molar-refractivity contribution in [1.82, 2.24) is 9.88 Å². The Kier molecular flexibility index (Phi) is 5.96. The minimum Gasteiger partial charge on any atom is -0.494 e. The van der Waals surface area contributed by atoms with Crippen LogP contribution in [-0.2, 0) is 0 Å². The molecule has 0 aliphatic rings. The standard InChI is InChI=1S/C18H24N2O3S/c1-5-20(12-18(3,4)22)17(21)15-11-24-16(19-15)13-7-9-14(10-8-13)23-6-2/h7-11,22H,5-6,12H2,1-4H3. The number of benzene rings is 1. The highest BCUT2D eigenvalue weighted by molar-refractivity contribution is 7.13. The Morgan fingerprint density at radius 3 is 2.50 bits per heavy atom. The van der Waals surface area contributed by atoms with Crippen molar-refractivity contribution in [2.45, 2.75) is 33.3 Å². The summed E-state index contributed by atoms with van der Waals surface area (Å²) in [4.78, 5) is 18.6. The molecule has 1 amide bonds. The van der Waals surface area contributed by atoms with E-state index in [1.165, 1.54) is 11.3 Å². The van der Waals surface area contributed by atoms with Crippen molar-refractivity contribution in [2.75, 3.05) is 19.7 Å². The molecule has 1 aromatic heterocycles. The Hall–Kier alpha value is -1.92. The number of ether oxygens (including phenoxy) is 1. The molecule has 0 bridgehead atoms. The smallest absolute Gasteiger partial charge is 0.273 e. The zero-order valence-electron chi connectivity index (χ0n) is 14.6. The Bertz CT molecular complexity index is 674. The lowest BCUT2D eigenvalue weighted by atomic mass is 10.1. The molecule has 0 aliphatic carbocycles. The highest BCUT2D eigenvalue weighted by atomic mass is 32.1. The first kappa shape index (κ1) is 18.4. The van der Waals surface area contributed by atoms with Crippen molar-refractivity contribution >= 4 is 17.2 Å². The molecule has 6 heteroatoms. The van der Waals surface area contributed by atoms with Gasteiger partial charge in [0.25, 0.3) is 5.91 Å². The summed E-state index contributed by atoms with van der Waals surface area (Å²) in [5, 5.41) is 12.5. The van der Waals surface area contributed by atoms with Gasteiger partial charge in [0.1, 0.15) is 16.5 Å². The maximum absolute atomic E-state index is 12.6. The van der Waals surface area contributed by atoms with E-state index in [9.17, 15) is 9.90 Å². The van der Waals surface area contributed by atoms with E-state index in [0.717, 1.165) is 16.3 Å². The van der Waals surface area contributed by atoms with Crippen LogP contribution in [0.15, 0.2) is 29.6 Å². The number of likely N-dealkylation sites (N-methyl/N-ethyl adjacent to an activating group) is 1. The minimum atomic E-state index is -0.931. The Morgan fingerprint density at radius 2 is 1.96 bits per heavy atom. The van der Waals surface area contributed by atoms with Crippen molar-refractivity contribution in [3.63, 3.8) is 0 Å². The third-order valence-corrected chi connectivity index (χ3v) is 4.27. The van der Waals surface area contributed by atoms with Gasteiger partial charge in [-0.15, -0.1) is 11.3 Å². The van der Waals surface area contributed by atoms with Crippen LogP contribution in [0.4, 0.5) is 0 Å². The average Bonchev–Trinajstić information content (AvgIpc) is 3.02. The molecular weight excluding hydrogens is 324 g/mol. The summed E-state index contributed by atoms with van der Waals surface area (Å²) in [5.74, 6) is 0.657. The van der Waals surface area contributed by atoms with Gasteiger partial charge in [0.05, 0.1) is 12.2 Å². The van der Waals surface area contributed by atoms with Crippen LogP contribution in [0.5, 0.6) is 5.75 Å². The lowest BCUT2D eigenvalue weighted by Gasteiger charge is -2.27. The molecule has 0 radical (unpaired) electrons. The van der Waals surface area contributed by atoms with E-state index in [0.29, 0.717) is 18.8 Å². The molecule has 0 unspecified atom stereocenters. The summed E-state index contributed by atoms with van der Waals surface area (Å²) < 4.78 is 5.43. The minimum absolute atomic E-state index is 0.159. The molecule has 1 N–H and O–H groups in total. The molecule has 1 heterocycles. The number of thiazole rings is 1. The summed E-state index contributed by atoms with van der Waals surface area (Å²) >= 11 is 1.43. The molecule has 0 aliphatic heterocycles. The molecule has 2 aromatic rings. The summed E-state index contributed by atoms with van der Waals surface area (Å²) in [5.41, 5.74) is 0.433. The van der Waals surface area contributed by atoms with Gasteiger partial charge in [-0.05, 0) is 52.0 Å². The first-order chi connectivity index (χ1) is 11.3. The molecule has 0 atom stereocenters. The number of nitrogens with zero attached hydrogens (tertiary/aromatic N) is 2. The van der Waals surface area contributed by atoms with Gasteiger partial charge >= 0.3 is 0 Å². The van der Waals surface area contributed by atoms with Gasteiger partial charge in [-0.2, -0.15) is 0 Å². The first-order valence-corrected chi connectivity index (χ1v) is 8.92. The molecule has 1 aromatic carbocycles. The van der Waals surface area contributed by atoms with Crippen molar-refractivity contribution in [3.05, 3.63) is 35.3 Å². The highest BCUT2D eigenvalue weighted by Crippen LogP contribution is 2.26. The molecule has 0 fully saturated rings. The Balaban J connectivity index is 2.15. The Labute approximate surface area is 146 Å². The van der Waals surface area contributed by atoms with Crippen LogP contribution in [-0.4, -0.2) is 46.2 Å². The maximum Gasteiger partial charge on any atom is 0.273 e. The van der Waals surface area contributed by atoms with Gasteiger partial charge in [-0.1, -0.05) is 0 Å². The van der Waals surface area contributed by atoms with Gasteiger partial charge < -0.3 is 14.7 Å². The van der Waals surface area contributed by atoms with Gasteiger partial charge in [0, 0.05) is 24.0 Å². The fraction of sp³-hybridized carbons (Fsp3) is 0.444. The number of amides is 1. The van der Waals surface area contributed by atoms with Gasteiger partial charge in [0.2, 0.25) is 0 Å². The SMILES string of the molecule is CCOc1ccc(-c2nc(C(=O)N(CC)CC(C)(C)O)cs2)cc1. The van der Waals surface area contributed by atoms with Crippen LogP contribution in [0.2, 0.25) is 0 Å². The number of hydrogen-bond acceptors (Lipinski definition) is 5. The summed E-state index contributed by atoms with van der Waals surface area (Å²) in [6, 6.07) is 7.67. The fourth-order valence-corrected chi connectivity index (χ4v) is 3.12. The fourth-order valence-electron chi connectivity index (χ4n) is 2.32. The molecule has 5 nitrogen and oxygen atoms in total. The molecule has 2 rings (SSSR count). The van der Waals surface area contributed by atoms with Gasteiger partial charge in [0.15, 0.2) is 0 Å². The molecule has 0 saturated heterocycles. The lowest BCUT2D eigenvalue weighted by molar-refractivity contribution is 0.0312. The lowest BCUT2D eigenvalue weighted by Crippen LogP contribution is -2.42. The normalized spacial score (nSPS) is 11.4. The number of aromatic nitrogens is 1. The van der Waals surface area contributed by atoms with Gasteiger partial charge in [-0.25, -0.2) is 4.98 Å². The monoisotopic (exact) mass is 348 g/mol. The topological polar surface area (TPSA) is 62.7 Å². The van der Waals surface area contributed by atoms with Crippen molar-refractivity contribution in [3.8, 4) is 16.3 Å². The van der Waals surface area contributed by atoms with E-state index in [4.69, 9.17) is 4.74 Å². The van der Waals surface area contributed by atoms with E-state index in [2.05, 4.69) is 4.98 Å². The molecule has 130 valence electrons. The van der Waals surface area contributed by atoms with Crippen LogP contribution in [0.25, 0.3) is 10.6 Å². The number of carbonyl (C=O) groups is 1. The summed E-state index contributed by atoms with van der Waals surface area (Å²) in [6.07, 6.45) is 0. The first-order valence-electron chi connectivity index (χ1n) is 8.04. The summed E-state index contributed by atoms with van der Waals surface area (Å²) in [6.45, 7) is 8.65. The number of rotatable bonds is 7. The molecule has 24 heavy (non-hydrogen) atoms. The third kappa shape index (κ3) is 4.79. The second-order valence-electron chi connectivity index (χ2n) is 6.13. The van der Waals surface area contributed by atoms with Crippen LogP contribution in [0.3, 0.4) is 0 Å². The van der Waals surface area contributed by atoms with Crippen molar-refractivity contribution in [2.24, 2.45) is 0 Å². The molecule has 0 spiro atoms. The number of carbonyl (C=O) groups excluding carboxylic acids is 1. The average molecular weight is 348 g/mol. The second kappa shape index (κ2) is 7.77. The van der Waals surface area contributed by atoms with Gasteiger partial charge in [-0.3, -0.25) is 4.79 Å². The maximum atomic E-state index is 12.6. The zero-order valence-corrected chi connectivity index (χ0v) is 15.4. The van der Waals surface area contributed by atoms with Crippen LogP contribution >= 0.6 is 11.3 Å². The van der Waals surface area contributed by atoms with E-state index >= 15 is 0 Å². The highest BCUT2D eigenvalue weighted by Gasteiger charge is 2.24. The van der Waals surface area contributed by atoms with Crippen LogP contribution in [0, 0.1) is 0 Å². The molecule has 0 saturated carbocycles. The zero-order chi connectivity index (χ0) is 17.7. The van der Waals surface area contributed by atoms with E-state index < -0.39 is 5.60 Å². The Morgan fingerprint density at radius 1 is 1.29 bits per heavy atom. The van der Waals surface area contributed by atoms with Crippen molar-refractivity contribution in [1.29, 1.82) is 0 Å². The quantitative estimate of drug-likeness (QED) is 0.832.